The Morgan fingerprint density at radius 2 is 2.08 bits per heavy atom. The third kappa shape index (κ3) is 3.68. The van der Waals surface area contributed by atoms with Crippen LogP contribution < -0.4 is 5.32 Å². The van der Waals surface area contributed by atoms with E-state index in [2.05, 4.69) is 12.2 Å². The van der Waals surface area contributed by atoms with Gasteiger partial charge in [0.2, 0.25) is 0 Å². The number of hydrogen-bond acceptors (Lipinski definition) is 1. The molecule has 0 saturated heterocycles. The van der Waals surface area contributed by atoms with Crippen LogP contribution >= 0.6 is 0 Å². The van der Waals surface area contributed by atoms with Gasteiger partial charge in [-0.2, -0.15) is 0 Å². The average Bonchev–Trinajstić information content (AvgIpc) is 2.07. The molecule has 0 radical (unpaired) electrons. The molecular weight excluding hydrogens is 158 g/mol. The lowest BCUT2D eigenvalue weighted by Crippen LogP contribution is -2.21. The van der Waals surface area contributed by atoms with E-state index in [-0.39, 0.29) is 0 Å². The first-order chi connectivity index (χ1) is 6.38. The lowest BCUT2D eigenvalue weighted by Gasteiger charge is -2.33. The Morgan fingerprint density at radius 1 is 1.31 bits per heavy atom. The molecule has 0 amide bonds. The van der Waals surface area contributed by atoms with E-state index in [9.17, 15) is 0 Å². The van der Waals surface area contributed by atoms with E-state index in [0.29, 0.717) is 0 Å². The molecular formula is C12H25N. The molecule has 0 aliphatic heterocycles. The van der Waals surface area contributed by atoms with Gasteiger partial charge in [-0.25, -0.2) is 0 Å². The zero-order chi connectivity index (χ0) is 9.52. The highest BCUT2D eigenvalue weighted by Gasteiger charge is 2.24. The zero-order valence-electron chi connectivity index (χ0n) is 9.31. The first-order valence-corrected chi connectivity index (χ1v) is 6.03. The lowest BCUT2D eigenvalue weighted by atomic mass is 9.73. The number of nitrogens with one attached hydrogen (secondary N) is 1. The molecule has 1 saturated carbocycles. The van der Waals surface area contributed by atoms with Crippen molar-refractivity contribution in [2.24, 2.45) is 11.8 Å². The minimum Gasteiger partial charge on any atom is -0.320 e. The lowest BCUT2D eigenvalue weighted by molar-refractivity contribution is 0.187. The summed E-state index contributed by atoms with van der Waals surface area (Å²) in [5, 5.41) is 3.22. The van der Waals surface area contributed by atoms with Crippen molar-refractivity contribution < 1.29 is 0 Å². The first kappa shape index (κ1) is 11.0. The van der Waals surface area contributed by atoms with E-state index in [1.807, 2.05) is 7.05 Å². The van der Waals surface area contributed by atoms with E-state index >= 15 is 0 Å². The first-order valence-electron chi connectivity index (χ1n) is 6.03. The SMILES string of the molecule is CCC(CCCCNC)C1CCC1. The molecule has 0 aromatic carbocycles. The molecule has 0 spiro atoms. The summed E-state index contributed by atoms with van der Waals surface area (Å²) >= 11 is 0. The summed E-state index contributed by atoms with van der Waals surface area (Å²) in [7, 11) is 2.04. The summed E-state index contributed by atoms with van der Waals surface area (Å²) in [5.74, 6) is 2.14. The minimum absolute atomic E-state index is 1.05. The van der Waals surface area contributed by atoms with Crippen molar-refractivity contribution >= 4 is 0 Å². The molecule has 1 N–H and O–H groups in total. The Bertz CT molecular complexity index is 118. The molecule has 0 aromatic rings. The molecule has 13 heavy (non-hydrogen) atoms. The minimum atomic E-state index is 1.05. The fraction of sp³-hybridized carbons (Fsp3) is 1.00. The summed E-state index contributed by atoms with van der Waals surface area (Å²) < 4.78 is 0. The monoisotopic (exact) mass is 183 g/mol. The fourth-order valence-corrected chi connectivity index (χ4v) is 2.39. The largest absolute Gasteiger partial charge is 0.320 e. The van der Waals surface area contributed by atoms with Crippen LogP contribution in [0.15, 0.2) is 0 Å². The van der Waals surface area contributed by atoms with Crippen LogP contribution in [0.1, 0.15) is 51.9 Å². The second kappa shape index (κ2) is 6.42. The summed E-state index contributed by atoms with van der Waals surface area (Å²) in [6.07, 6.45) is 10.2. The predicted octanol–water partition coefficient (Wildman–Crippen LogP) is 3.20. The average molecular weight is 183 g/mol. The molecule has 0 bridgehead atoms. The van der Waals surface area contributed by atoms with Gasteiger partial charge in [0.1, 0.15) is 0 Å². The normalized spacial score (nSPS) is 19.8. The Morgan fingerprint density at radius 3 is 2.54 bits per heavy atom. The Balaban J connectivity index is 2.02. The number of unbranched alkanes of at least 4 members (excludes halogenated alkanes) is 1. The number of hydrogen-bond donors (Lipinski definition) is 1. The molecule has 1 atom stereocenters. The molecule has 1 rings (SSSR count). The summed E-state index contributed by atoms with van der Waals surface area (Å²) in [4.78, 5) is 0. The number of rotatable bonds is 7. The zero-order valence-corrected chi connectivity index (χ0v) is 9.31. The van der Waals surface area contributed by atoms with E-state index in [1.165, 1.54) is 51.5 Å². The van der Waals surface area contributed by atoms with Gasteiger partial charge in [0.25, 0.3) is 0 Å². The van der Waals surface area contributed by atoms with Gasteiger partial charge in [-0.3, -0.25) is 0 Å². The van der Waals surface area contributed by atoms with Crippen LogP contribution in [0.2, 0.25) is 0 Å². The van der Waals surface area contributed by atoms with E-state index in [1.54, 1.807) is 0 Å². The maximum Gasteiger partial charge on any atom is -0.00519 e. The molecule has 0 aromatic heterocycles. The Labute approximate surface area is 83.3 Å². The fourth-order valence-electron chi connectivity index (χ4n) is 2.39. The Kier molecular flexibility index (Phi) is 5.45. The van der Waals surface area contributed by atoms with Gasteiger partial charge in [0.05, 0.1) is 0 Å². The van der Waals surface area contributed by atoms with Crippen LogP contribution in [0.3, 0.4) is 0 Å². The molecule has 1 fully saturated rings. The maximum atomic E-state index is 3.22. The van der Waals surface area contributed by atoms with Gasteiger partial charge >= 0.3 is 0 Å². The van der Waals surface area contributed by atoms with Crippen molar-refractivity contribution in [1.29, 1.82) is 0 Å². The molecule has 78 valence electrons. The van der Waals surface area contributed by atoms with Crippen molar-refractivity contribution in [3.8, 4) is 0 Å². The van der Waals surface area contributed by atoms with Gasteiger partial charge < -0.3 is 5.32 Å². The van der Waals surface area contributed by atoms with Crippen LogP contribution in [0.4, 0.5) is 0 Å². The summed E-state index contributed by atoms with van der Waals surface area (Å²) in [5.41, 5.74) is 0. The topological polar surface area (TPSA) is 12.0 Å². The van der Waals surface area contributed by atoms with Gasteiger partial charge in [-0.05, 0) is 31.8 Å². The van der Waals surface area contributed by atoms with Crippen LogP contribution in [0.25, 0.3) is 0 Å². The second-order valence-corrected chi connectivity index (χ2v) is 4.46. The maximum absolute atomic E-state index is 3.22. The van der Waals surface area contributed by atoms with Crippen molar-refractivity contribution in [3.63, 3.8) is 0 Å². The molecule has 1 heteroatoms. The van der Waals surface area contributed by atoms with Crippen molar-refractivity contribution in [1.82, 2.24) is 5.32 Å². The van der Waals surface area contributed by atoms with E-state index < -0.39 is 0 Å². The molecule has 0 heterocycles. The summed E-state index contributed by atoms with van der Waals surface area (Å²) in [6.45, 7) is 3.56. The van der Waals surface area contributed by atoms with Gasteiger partial charge in [-0.1, -0.05) is 45.4 Å². The standard InChI is InChI=1S/C12H25N/c1-3-11(12-8-6-9-12)7-4-5-10-13-2/h11-13H,3-10H2,1-2H3. The predicted molar refractivity (Wildman–Crippen MR) is 58.9 cm³/mol. The van der Waals surface area contributed by atoms with E-state index in [4.69, 9.17) is 0 Å². The smallest absolute Gasteiger partial charge is 0.00519 e. The van der Waals surface area contributed by atoms with Crippen LogP contribution in [-0.4, -0.2) is 13.6 Å². The van der Waals surface area contributed by atoms with Crippen molar-refractivity contribution in [2.75, 3.05) is 13.6 Å². The van der Waals surface area contributed by atoms with Gasteiger partial charge in [0.15, 0.2) is 0 Å². The second-order valence-electron chi connectivity index (χ2n) is 4.46. The molecule has 1 nitrogen and oxygen atoms in total. The van der Waals surface area contributed by atoms with Crippen LogP contribution in [0, 0.1) is 11.8 Å². The third-order valence-electron chi connectivity index (χ3n) is 3.59. The van der Waals surface area contributed by atoms with Gasteiger partial charge in [-0.15, -0.1) is 0 Å². The quantitative estimate of drug-likeness (QED) is 0.598. The van der Waals surface area contributed by atoms with Gasteiger partial charge in [0, 0.05) is 0 Å². The van der Waals surface area contributed by atoms with Crippen molar-refractivity contribution in [2.45, 2.75) is 51.9 Å². The highest BCUT2D eigenvalue weighted by molar-refractivity contribution is 4.76. The molecule has 1 unspecified atom stereocenters. The summed E-state index contributed by atoms with van der Waals surface area (Å²) in [6, 6.07) is 0. The van der Waals surface area contributed by atoms with Crippen LogP contribution in [-0.2, 0) is 0 Å². The Hall–Kier alpha value is -0.0400. The van der Waals surface area contributed by atoms with E-state index in [0.717, 1.165) is 11.8 Å². The van der Waals surface area contributed by atoms with Crippen molar-refractivity contribution in [3.05, 3.63) is 0 Å². The third-order valence-corrected chi connectivity index (χ3v) is 3.59. The highest BCUT2D eigenvalue weighted by Crippen LogP contribution is 2.37. The molecule has 1 aliphatic rings. The highest BCUT2D eigenvalue weighted by atomic mass is 14.8. The van der Waals surface area contributed by atoms with Crippen LogP contribution in [0.5, 0.6) is 0 Å². The molecule has 1 aliphatic carbocycles.